The van der Waals surface area contributed by atoms with Crippen molar-refractivity contribution in [3.8, 4) is 34.3 Å². The standard InChI is InChI=1S/C29H29N5O4S/c1-20(15-21-11-7-5-8-12-21)18-30-31-26(35)19-39-29-33-32-28(34(29)23-13-9-6-10-14-23)22-16-24(36-2)27(38-4)25(17-22)37-3/h5-18H,19H2,1-4H3,(H,31,35)/b20-15+,30-18+. The van der Waals surface area contributed by atoms with Crippen LogP contribution in [0.15, 0.2) is 88.6 Å². The van der Waals surface area contributed by atoms with E-state index in [4.69, 9.17) is 14.2 Å². The van der Waals surface area contributed by atoms with E-state index in [1.807, 2.05) is 90.4 Å². The second kappa shape index (κ2) is 13.3. The molecule has 1 aromatic heterocycles. The summed E-state index contributed by atoms with van der Waals surface area (Å²) >= 11 is 1.26. The quantitative estimate of drug-likeness (QED) is 0.157. The van der Waals surface area contributed by atoms with Crippen LogP contribution in [0, 0.1) is 0 Å². The van der Waals surface area contributed by atoms with Gasteiger partial charge in [0, 0.05) is 11.3 Å². The van der Waals surface area contributed by atoms with Crippen molar-refractivity contribution in [3.63, 3.8) is 0 Å². The number of benzene rings is 3. The second-order valence-electron chi connectivity index (χ2n) is 8.27. The predicted molar refractivity (Wildman–Crippen MR) is 154 cm³/mol. The van der Waals surface area contributed by atoms with E-state index in [1.54, 1.807) is 27.5 Å². The van der Waals surface area contributed by atoms with E-state index in [0.29, 0.717) is 33.8 Å². The van der Waals surface area contributed by atoms with Crippen molar-refractivity contribution in [2.45, 2.75) is 12.1 Å². The van der Waals surface area contributed by atoms with Crippen LogP contribution in [0.2, 0.25) is 0 Å². The Bertz CT molecular complexity index is 1440. The van der Waals surface area contributed by atoms with Gasteiger partial charge in [-0.15, -0.1) is 10.2 Å². The molecule has 0 spiro atoms. The van der Waals surface area contributed by atoms with Crippen LogP contribution in [0.25, 0.3) is 23.2 Å². The summed E-state index contributed by atoms with van der Waals surface area (Å²) in [7, 11) is 4.67. The summed E-state index contributed by atoms with van der Waals surface area (Å²) in [6.45, 7) is 1.92. The van der Waals surface area contributed by atoms with E-state index in [-0.39, 0.29) is 11.7 Å². The number of nitrogens with one attached hydrogen (secondary N) is 1. The van der Waals surface area contributed by atoms with Gasteiger partial charge in [0.1, 0.15) is 0 Å². The normalized spacial score (nSPS) is 11.4. The average Bonchev–Trinajstić information content (AvgIpc) is 3.40. The topological polar surface area (TPSA) is 99.9 Å². The number of hydrogen-bond donors (Lipinski definition) is 1. The maximum absolute atomic E-state index is 12.5. The Morgan fingerprint density at radius 1 is 0.949 bits per heavy atom. The lowest BCUT2D eigenvalue weighted by Gasteiger charge is -2.15. The number of nitrogens with zero attached hydrogens (tertiary/aromatic N) is 4. The Hall–Kier alpha value is -4.57. The van der Waals surface area contributed by atoms with Gasteiger partial charge in [0.15, 0.2) is 22.5 Å². The lowest BCUT2D eigenvalue weighted by atomic mass is 10.1. The molecule has 0 aliphatic carbocycles. The molecule has 0 aliphatic heterocycles. The lowest BCUT2D eigenvalue weighted by molar-refractivity contribution is -0.118. The third kappa shape index (κ3) is 6.85. The summed E-state index contributed by atoms with van der Waals surface area (Å²) in [5.41, 5.74) is 6.10. The molecule has 39 heavy (non-hydrogen) atoms. The molecular weight excluding hydrogens is 514 g/mol. The highest BCUT2D eigenvalue weighted by Crippen LogP contribution is 2.41. The van der Waals surface area contributed by atoms with Gasteiger partial charge in [-0.25, -0.2) is 5.43 Å². The maximum atomic E-state index is 12.5. The van der Waals surface area contributed by atoms with E-state index in [1.165, 1.54) is 11.8 Å². The van der Waals surface area contributed by atoms with Crippen LogP contribution in [0.4, 0.5) is 0 Å². The number of allylic oxidation sites excluding steroid dienone is 1. The van der Waals surface area contributed by atoms with Gasteiger partial charge in [-0.05, 0) is 42.3 Å². The zero-order chi connectivity index (χ0) is 27.6. The SMILES string of the molecule is COc1cc(-c2nnc(SCC(=O)N/N=C/C(C)=C/c3ccccc3)n2-c2ccccc2)cc(OC)c1OC. The van der Waals surface area contributed by atoms with Gasteiger partial charge in [0.05, 0.1) is 33.3 Å². The van der Waals surface area contributed by atoms with Crippen molar-refractivity contribution in [3.05, 3.63) is 83.9 Å². The van der Waals surface area contributed by atoms with Gasteiger partial charge in [0.25, 0.3) is 5.91 Å². The first-order valence-corrected chi connectivity index (χ1v) is 13.0. The van der Waals surface area contributed by atoms with Crippen LogP contribution in [0.3, 0.4) is 0 Å². The summed E-state index contributed by atoms with van der Waals surface area (Å²) in [5, 5.41) is 13.5. The van der Waals surface area contributed by atoms with Crippen molar-refractivity contribution in [1.82, 2.24) is 20.2 Å². The molecule has 0 saturated carbocycles. The number of carbonyl (C=O) groups is 1. The fourth-order valence-electron chi connectivity index (χ4n) is 3.79. The molecule has 3 aromatic carbocycles. The van der Waals surface area contributed by atoms with Crippen LogP contribution in [0.5, 0.6) is 17.2 Å². The fraction of sp³-hybridized carbons (Fsp3) is 0.172. The van der Waals surface area contributed by atoms with Crippen LogP contribution >= 0.6 is 11.8 Å². The molecule has 4 rings (SSSR count). The number of carbonyl (C=O) groups excluding carboxylic acids is 1. The number of para-hydroxylation sites is 1. The Balaban J connectivity index is 1.54. The van der Waals surface area contributed by atoms with Crippen LogP contribution < -0.4 is 19.6 Å². The Morgan fingerprint density at radius 2 is 1.59 bits per heavy atom. The van der Waals surface area contributed by atoms with Gasteiger partial charge >= 0.3 is 0 Å². The van der Waals surface area contributed by atoms with E-state index in [0.717, 1.165) is 16.8 Å². The molecule has 0 saturated heterocycles. The molecule has 1 amide bonds. The molecule has 0 aliphatic rings. The van der Waals surface area contributed by atoms with Gasteiger partial charge < -0.3 is 14.2 Å². The number of aromatic nitrogens is 3. The molecule has 0 unspecified atom stereocenters. The summed E-state index contributed by atoms with van der Waals surface area (Å²) in [6.07, 6.45) is 3.60. The molecule has 10 heteroatoms. The van der Waals surface area contributed by atoms with E-state index in [2.05, 4.69) is 20.7 Å². The summed E-state index contributed by atoms with van der Waals surface area (Å²) in [6, 6.07) is 23.2. The molecule has 4 aromatic rings. The third-order valence-electron chi connectivity index (χ3n) is 5.55. The molecule has 0 bridgehead atoms. The van der Waals surface area contributed by atoms with Gasteiger partial charge in [-0.1, -0.05) is 66.4 Å². The molecule has 1 heterocycles. The summed E-state index contributed by atoms with van der Waals surface area (Å²) in [4.78, 5) is 12.5. The third-order valence-corrected chi connectivity index (χ3v) is 6.48. The predicted octanol–water partition coefficient (Wildman–Crippen LogP) is 5.26. The highest BCUT2D eigenvalue weighted by Gasteiger charge is 2.21. The van der Waals surface area contributed by atoms with Crippen molar-refractivity contribution in [1.29, 1.82) is 0 Å². The Kier molecular flexibility index (Phi) is 9.36. The second-order valence-corrected chi connectivity index (χ2v) is 9.21. The number of hydrogen-bond acceptors (Lipinski definition) is 8. The first-order chi connectivity index (χ1) is 19.0. The Labute approximate surface area is 231 Å². The van der Waals surface area contributed by atoms with E-state index in [9.17, 15) is 4.79 Å². The van der Waals surface area contributed by atoms with Crippen molar-refractivity contribution in [2.75, 3.05) is 27.1 Å². The monoisotopic (exact) mass is 543 g/mol. The van der Waals surface area contributed by atoms with Gasteiger partial charge in [-0.3, -0.25) is 9.36 Å². The molecular formula is C29H29N5O4S. The molecule has 0 radical (unpaired) electrons. The number of ether oxygens (including phenoxy) is 3. The minimum Gasteiger partial charge on any atom is -0.493 e. The smallest absolute Gasteiger partial charge is 0.250 e. The first kappa shape index (κ1) is 27.5. The lowest BCUT2D eigenvalue weighted by Crippen LogP contribution is -2.20. The van der Waals surface area contributed by atoms with Crippen LogP contribution in [0.1, 0.15) is 12.5 Å². The zero-order valence-corrected chi connectivity index (χ0v) is 22.9. The number of rotatable bonds is 11. The van der Waals surface area contributed by atoms with Gasteiger partial charge in [0.2, 0.25) is 5.75 Å². The van der Waals surface area contributed by atoms with Crippen LogP contribution in [-0.2, 0) is 4.79 Å². The minimum absolute atomic E-state index is 0.0962. The highest BCUT2D eigenvalue weighted by atomic mass is 32.2. The van der Waals surface area contributed by atoms with Crippen molar-refractivity contribution in [2.24, 2.45) is 5.10 Å². The molecule has 200 valence electrons. The zero-order valence-electron chi connectivity index (χ0n) is 22.1. The number of methoxy groups -OCH3 is 3. The van der Waals surface area contributed by atoms with Crippen LogP contribution in [-0.4, -0.2) is 54.0 Å². The number of hydrazone groups is 1. The maximum Gasteiger partial charge on any atom is 0.250 e. The van der Waals surface area contributed by atoms with Crippen molar-refractivity contribution >= 4 is 30.0 Å². The highest BCUT2D eigenvalue weighted by molar-refractivity contribution is 7.99. The Morgan fingerprint density at radius 3 is 2.21 bits per heavy atom. The van der Waals surface area contributed by atoms with Crippen molar-refractivity contribution < 1.29 is 19.0 Å². The van der Waals surface area contributed by atoms with E-state index >= 15 is 0 Å². The molecule has 9 nitrogen and oxygen atoms in total. The largest absolute Gasteiger partial charge is 0.493 e. The van der Waals surface area contributed by atoms with E-state index < -0.39 is 0 Å². The molecule has 0 fully saturated rings. The van der Waals surface area contributed by atoms with Gasteiger partial charge in [-0.2, -0.15) is 5.10 Å². The molecule has 1 N–H and O–H groups in total. The summed E-state index contributed by atoms with van der Waals surface area (Å²) < 4.78 is 18.4. The first-order valence-electron chi connectivity index (χ1n) is 12.0. The average molecular weight is 544 g/mol. The summed E-state index contributed by atoms with van der Waals surface area (Å²) in [5.74, 6) is 1.87. The fourth-order valence-corrected chi connectivity index (χ4v) is 4.53. The number of thioether (sulfide) groups is 1. The minimum atomic E-state index is -0.263. The number of amides is 1. The molecule has 0 atom stereocenters.